The van der Waals surface area contributed by atoms with E-state index in [9.17, 15) is 9.36 Å². The van der Waals surface area contributed by atoms with E-state index in [4.69, 9.17) is 9.05 Å². The first-order chi connectivity index (χ1) is 8.53. The summed E-state index contributed by atoms with van der Waals surface area (Å²) >= 11 is 0. The van der Waals surface area contributed by atoms with Crippen LogP contribution in [0.5, 0.6) is 0 Å². The number of hydrogen-bond acceptors (Lipinski definition) is 4. The molecule has 0 amide bonds. The molecule has 0 aliphatic carbocycles. The van der Waals surface area contributed by atoms with E-state index >= 15 is 0 Å². The number of aryl methyl sites for hydroxylation is 1. The van der Waals surface area contributed by atoms with Crippen LogP contribution in [0, 0.1) is 0 Å². The number of hydrogen-bond donors (Lipinski definition) is 0. The highest BCUT2D eigenvalue weighted by Gasteiger charge is 2.35. The van der Waals surface area contributed by atoms with Crippen LogP contribution in [-0.2, 0) is 24.8 Å². The largest absolute Gasteiger partial charge is 0.340 e. The monoisotopic (exact) mass is 270 g/mol. The van der Waals surface area contributed by atoms with Gasteiger partial charge in [-0.2, -0.15) is 0 Å². The summed E-state index contributed by atoms with van der Waals surface area (Å²) in [5.41, 5.74) is 0.360. The van der Waals surface area contributed by atoms with Crippen LogP contribution in [0.25, 0.3) is 0 Å². The maximum atomic E-state index is 12.0. The van der Waals surface area contributed by atoms with Crippen molar-refractivity contribution in [2.24, 2.45) is 0 Å². The molecule has 18 heavy (non-hydrogen) atoms. The molecule has 0 heterocycles. The van der Waals surface area contributed by atoms with E-state index in [1.165, 1.54) is 14.2 Å². The summed E-state index contributed by atoms with van der Waals surface area (Å²) in [6.07, 6.45) is 0.972. The van der Waals surface area contributed by atoms with Crippen LogP contribution in [0.15, 0.2) is 30.3 Å². The Hall–Kier alpha value is -0.960. The molecule has 0 saturated carbocycles. The van der Waals surface area contributed by atoms with E-state index < -0.39 is 13.3 Å². The summed E-state index contributed by atoms with van der Waals surface area (Å²) in [4.78, 5) is 11.9. The zero-order valence-corrected chi connectivity index (χ0v) is 11.9. The van der Waals surface area contributed by atoms with E-state index in [0.29, 0.717) is 12.8 Å². The van der Waals surface area contributed by atoms with Crippen LogP contribution in [-0.4, -0.2) is 25.7 Å². The Morgan fingerprint density at radius 2 is 1.78 bits per heavy atom. The van der Waals surface area contributed by atoms with Crippen molar-refractivity contribution in [1.82, 2.24) is 0 Å². The molecule has 4 nitrogen and oxygen atoms in total. The molecule has 100 valence electrons. The third kappa shape index (κ3) is 3.77. The second-order valence-electron chi connectivity index (χ2n) is 4.03. The molecular weight excluding hydrogens is 251 g/mol. The van der Waals surface area contributed by atoms with Crippen molar-refractivity contribution in [3.63, 3.8) is 0 Å². The zero-order chi connectivity index (χ0) is 13.6. The minimum Gasteiger partial charge on any atom is -0.311 e. The van der Waals surface area contributed by atoms with Gasteiger partial charge in [0.05, 0.1) is 0 Å². The van der Waals surface area contributed by atoms with Gasteiger partial charge in [0.15, 0.2) is 0 Å². The van der Waals surface area contributed by atoms with Crippen molar-refractivity contribution in [3.8, 4) is 0 Å². The van der Waals surface area contributed by atoms with Gasteiger partial charge in [-0.15, -0.1) is 0 Å². The summed E-state index contributed by atoms with van der Waals surface area (Å²) in [6.45, 7) is 1.58. The molecule has 5 heteroatoms. The standard InChI is InChI=1S/C13H19O4P/c1-11(18(15,16-2)17-3)13(14)10-9-12-7-5-4-6-8-12/h4-8,11H,9-10H2,1-3H3/t11-/m0/s1. The van der Waals surface area contributed by atoms with Crippen molar-refractivity contribution in [3.05, 3.63) is 35.9 Å². The van der Waals surface area contributed by atoms with Crippen molar-refractivity contribution in [2.75, 3.05) is 14.2 Å². The van der Waals surface area contributed by atoms with Gasteiger partial charge in [0.2, 0.25) is 0 Å². The smallest absolute Gasteiger partial charge is 0.311 e. The van der Waals surface area contributed by atoms with Crippen LogP contribution >= 0.6 is 7.60 Å². The topological polar surface area (TPSA) is 52.6 Å². The fraction of sp³-hybridized carbons (Fsp3) is 0.462. The van der Waals surface area contributed by atoms with Gasteiger partial charge in [0, 0.05) is 20.6 Å². The molecule has 0 saturated heterocycles. The highest BCUT2D eigenvalue weighted by atomic mass is 31.2. The summed E-state index contributed by atoms with van der Waals surface area (Å²) in [5.74, 6) is -0.106. The van der Waals surface area contributed by atoms with Gasteiger partial charge in [-0.1, -0.05) is 30.3 Å². The van der Waals surface area contributed by atoms with E-state index in [-0.39, 0.29) is 5.78 Å². The number of Topliss-reactive ketones (excluding diaryl/α,β-unsaturated/α-hetero) is 1. The number of ketones is 1. The number of benzene rings is 1. The molecule has 0 aliphatic heterocycles. The third-order valence-corrected chi connectivity index (χ3v) is 5.21. The predicted octanol–water partition coefficient (Wildman–Crippen LogP) is 3.06. The molecule has 1 rings (SSSR count). The van der Waals surface area contributed by atoms with Crippen molar-refractivity contribution in [2.45, 2.75) is 25.4 Å². The molecule has 0 spiro atoms. The number of carbonyl (C=O) groups is 1. The van der Waals surface area contributed by atoms with E-state index in [1.54, 1.807) is 6.92 Å². The Bertz CT molecular complexity index is 422. The van der Waals surface area contributed by atoms with Gasteiger partial charge in [-0.3, -0.25) is 9.36 Å². The van der Waals surface area contributed by atoms with E-state index in [0.717, 1.165) is 5.56 Å². The lowest BCUT2D eigenvalue weighted by molar-refractivity contribution is -0.118. The van der Waals surface area contributed by atoms with Gasteiger partial charge < -0.3 is 9.05 Å². The summed E-state index contributed by atoms with van der Waals surface area (Å²) in [6, 6.07) is 9.71. The van der Waals surface area contributed by atoms with Crippen molar-refractivity contribution >= 4 is 13.4 Å². The Morgan fingerprint density at radius 3 is 2.28 bits per heavy atom. The van der Waals surface area contributed by atoms with Crippen molar-refractivity contribution in [1.29, 1.82) is 0 Å². The third-order valence-electron chi connectivity index (χ3n) is 2.95. The molecule has 1 aromatic rings. The summed E-state index contributed by atoms with van der Waals surface area (Å²) in [7, 11) is -0.705. The lowest BCUT2D eigenvalue weighted by atomic mass is 10.1. The zero-order valence-electron chi connectivity index (χ0n) is 11.0. The van der Waals surface area contributed by atoms with E-state index in [2.05, 4.69) is 0 Å². The minimum atomic E-state index is -3.30. The summed E-state index contributed by atoms with van der Waals surface area (Å²) in [5, 5.41) is 0. The highest BCUT2D eigenvalue weighted by molar-refractivity contribution is 7.55. The SMILES string of the molecule is COP(=O)(OC)[C@@H](C)C(=O)CCc1ccccc1. The number of rotatable bonds is 7. The quantitative estimate of drug-likeness (QED) is 0.714. The van der Waals surface area contributed by atoms with Crippen LogP contribution in [0.2, 0.25) is 0 Å². The average Bonchev–Trinajstić information content (AvgIpc) is 2.44. The molecule has 0 bridgehead atoms. The molecule has 0 aromatic heterocycles. The normalized spacial score (nSPS) is 13.3. The van der Waals surface area contributed by atoms with Crippen molar-refractivity contribution < 1.29 is 18.4 Å². The van der Waals surface area contributed by atoms with E-state index in [1.807, 2.05) is 30.3 Å². The Balaban J connectivity index is 2.58. The molecule has 0 fully saturated rings. The van der Waals surface area contributed by atoms with Gasteiger partial charge >= 0.3 is 7.60 Å². The predicted molar refractivity (Wildman–Crippen MR) is 70.9 cm³/mol. The summed E-state index contributed by atoms with van der Waals surface area (Å²) < 4.78 is 21.7. The molecule has 0 N–H and O–H groups in total. The minimum absolute atomic E-state index is 0.106. The molecule has 1 atom stereocenters. The van der Waals surface area contributed by atoms with Gasteiger partial charge in [0.1, 0.15) is 11.4 Å². The maximum absolute atomic E-state index is 12.0. The lowest BCUT2D eigenvalue weighted by Crippen LogP contribution is -2.19. The maximum Gasteiger partial charge on any atom is 0.340 e. The first-order valence-electron chi connectivity index (χ1n) is 5.81. The Kier molecular flexibility index (Phi) is 5.73. The van der Waals surface area contributed by atoms with Crippen LogP contribution < -0.4 is 0 Å². The molecule has 0 radical (unpaired) electrons. The highest BCUT2D eigenvalue weighted by Crippen LogP contribution is 2.51. The first-order valence-corrected chi connectivity index (χ1v) is 7.42. The van der Waals surface area contributed by atoms with Gasteiger partial charge in [0.25, 0.3) is 0 Å². The fourth-order valence-corrected chi connectivity index (χ4v) is 2.95. The van der Waals surface area contributed by atoms with Crippen LogP contribution in [0.4, 0.5) is 0 Å². The fourth-order valence-electron chi connectivity index (χ4n) is 1.69. The Morgan fingerprint density at radius 1 is 1.22 bits per heavy atom. The molecular formula is C13H19O4P. The van der Waals surface area contributed by atoms with Crippen LogP contribution in [0.3, 0.4) is 0 Å². The molecule has 0 aliphatic rings. The Labute approximate surface area is 108 Å². The lowest BCUT2D eigenvalue weighted by Gasteiger charge is -2.19. The van der Waals surface area contributed by atoms with Gasteiger partial charge in [-0.05, 0) is 18.9 Å². The van der Waals surface area contributed by atoms with Gasteiger partial charge in [-0.25, -0.2) is 0 Å². The van der Waals surface area contributed by atoms with Crippen LogP contribution in [0.1, 0.15) is 18.9 Å². The molecule has 0 unspecified atom stereocenters. The number of carbonyl (C=O) groups excluding carboxylic acids is 1. The molecule has 1 aromatic carbocycles. The second kappa shape index (κ2) is 6.83. The second-order valence-corrected chi connectivity index (χ2v) is 6.62. The first kappa shape index (κ1) is 15.1. The average molecular weight is 270 g/mol.